The summed E-state index contributed by atoms with van der Waals surface area (Å²) in [7, 11) is -2.79. The highest BCUT2D eigenvalue weighted by Gasteiger charge is 2.29. The Morgan fingerprint density at radius 1 is 1.31 bits per heavy atom. The van der Waals surface area contributed by atoms with Gasteiger partial charge in [-0.05, 0) is 6.42 Å². The van der Waals surface area contributed by atoms with Crippen molar-refractivity contribution in [1.82, 2.24) is 4.90 Å². The van der Waals surface area contributed by atoms with Gasteiger partial charge in [0.15, 0.2) is 9.84 Å². The van der Waals surface area contributed by atoms with E-state index in [1.165, 1.54) is 0 Å². The molecule has 0 bridgehead atoms. The first-order valence-corrected chi connectivity index (χ1v) is 7.76. The number of rotatable bonds is 5. The third-order valence-electron chi connectivity index (χ3n) is 3.28. The first-order valence-electron chi connectivity index (χ1n) is 5.94. The van der Waals surface area contributed by atoms with E-state index in [1.807, 2.05) is 0 Å². The van der Waals surface area contributed by atoms with E-state index in [0.29, 0.717) is 13.1 Å². The van der Waals surface area contributed by atoms with E-state index >= 15 is 0 Å². The van der Waals surface area contributed by atoms with Crippen LogP contribution in [-0.2, 0) is 9.84 Å². The van der Waals surface area contributed by atoms with Crippen molar-refractivity contribution in [2.24, 2.45) is 5.41 Å². The fourth-order valence-electron chi connectivity index (χ4n) is 2.26. The van der Waals surface area contributed by atoms with Crippen LogP contribution in [-0.4, -0.2) is 56.2 Å². The fourth-order valence-corrected chi connectivity index (χ4v) is 3.54. The van der Waals surface area contributed by atoms with Crippen molar-refractivity contribution in [1.29, 1.82) is 0 Å². The quantitative estimate of drug-likeness (QED) is 0.771. The molecule has 1 heterocycles. The van der Waals surface area contributed by atoms with Gasteiger partial charge in [-0.3, -0.25) is 0 Å². The average molecular weight is 249 g/mol. The summed E-state index contributed by atoms with van der Waals surface area (Å²) in [5.74, 6) is 0.529. The first-order chi connectivity index (χ1) is 7.41. The largest absolute Gasteiger partial charge is 0.396 e. The summed E-state index contributed by atoms with van der Waals surface area (Å²) in [6.45, 7) is 6.37. The second-order valence-corrected chi connectivity index (χ2v) is 7.45. The Balaban J connectivity index is 2.48. The minimum atomic E-state index is -2.79. The standard InChI is InChI=1S/C11H23NO3S/c1-3-4-11(2,10-13)9-12-5-7-16(14,15)8-6-12/h13H,3-10H2,1-2H3. The first kappa shape index (κ1) is 13.9. The maximum atomic E-state index is 11.3. The van der Waals surface area contributed by atoms with Crippen molar-refractivity contribution in [2.75, 3.05) is 37.7 Å². The maximum Gasteiger partial charge on any atom is 0.152 e. The highest BCUT2D eigenvalue weighted by Crippen LogP contribution is 2.24. The molecule has 0 saturated carbocycles. The van der Waals surface area contributed by atoms with Crippen LogP contribution in [0, 0.1) is 5.41 Å². The molecule has 4 nitrogen and oxygen atoms in total. The van der Waals surface area contributed by atoms with Gasteiger partial charge in [0.1, 0.15) is 0 Å². The molecule has 1 rings (SSSR count). The zero-order valence-corrected chi connectivity index (χ0v) is 11.1. The van der Waals surface area contributed by atoms with Crippen molar-refractivity contribution in [3.05, 3.63) is 0 Å². The van der Waals surface area contributed by atoms with Crippen molar-refractivity contribution in [2.45, 2.75) is 26.7 Å². The summed E-state index contributed by atoms with van der Waals surface area (Å²) >= 11 is 0. The average Bonchev–Trinajstić information content (AvgIpc) is 2.22. The lowest BCUT2D eigenvalue weighted by molar-refractivity contribution is 0.0834. The minimum absolute atomic E-state index is 0.0874. The highest BCUT2D eigenvalue weighted by atomic mass is 32.2. The van der Waals surface area contributed by atoms with Crippen molar-refractivity contribution in [3.63, 3.8) is 0 Å². The van der Waals surface area contributed by atoms with Gasteiger partial charge in [0, 0.05) is 31.7 Å². The Kier molecular flexibility index (Phi) is 4.76. The van der Waals surface area contributed by atoms with Gasteiger partial charge in [0.2, 0.25) is 0 Å². The molecule has 0 spiro atoms. The second-order valence-electron chi connectivity index (χ2n) is 5.15. The molecule has 1 aliphatic rings. The van der Waals surface area contributed by atoms with Crippen LogP contribution in [0.25, 0.3) is 0 Å². The van der Waals surface area contributed by atoms with Crippen LogP contribution >= 0.6 is 0 Å². The van der Waals surface area contributed by atoms with Crippen molar-refractivity contribution in [3.8, 4) is 0 Å². The number of aliphatic hydroxyl groups is 1. The summed E-state index contributed by atoms with van der Waals surface area (Å²) in [6, 6.07) is 0. The van der Waals surface area contributed by atoms with Gasteiger partial charge in [-0.15, -0.1) is 0 Å². The van der Waals surface area contributed by atoms with Gasteiger partial charge in [0.05, 0.1) is 11.5 Å². The monoisotopic (exact) mass is 249 g/mol. The van der Waals surface area contributed by atoms with Crippen LogP contribution < -0.4 is 0 Å². The SMILES string of the molecule is CCCC(C)(CO)CN1CCS(=O)(=O)CC1. The molecule has 1 unspecified atom stereocenters. The molecule has 0 aromatic heterocycles. The summed E-state index contributed by atoms with van der Waals surface area (Å²) in [6.07, 6.45) is 2.02. The van der Waals surface area contributed by atoms with Crippen LogP contribution in [0.15, 0.2) is 0 Å². The van der Waals surface area contributed by atoms with Crippen LogP contribution in [0.3, 0.4) is 0 Å². The van der Waals surface area contributed by atoms with E-state index in [2.05, 4.69) is 18.7 Å². The summed E-state index contributed by atoms with van der Waals surface area (Å²) in [5, 5.41) is 9.40. The lowest BCUT2D eigenvalue weighted by Crippen LogP contribution is -2.46. The van der Waals surface area contributed by atoms with Crippen LogP contribution in [0.2, 0.25) is 0 Å². The molecule has 0 aliphatic carbocycles. The normalized spacial score (nSPS) is 25.2. The zero-order valence-electron chi connectivity index (χ0n) is 10.3. The summed E-state index contributed by atoms with van der Waals surface area (Å²) < 4.78 is 22.6. The molecule has 96 valence electrons. The van der Waals surface area contributed by atoms with Gasteiger partial charge in [-0.25, -0.2) is 8.42 Å². The number of sulfone groups is 1. The van der Waals surface area contributed by atoms with Gasteiger partial charge in [-0.2, -0.15) is 0 Å². The van der Waals surface area contributed by atoms with E-state index in [-0.39, 0.29) is 23.5 Å². The Bertz CT molecular complexity index is 301. The van der Waals surface area contributed by atoms with E-state index in [4.69, 9.17) is 0 Å². The third kappa shape index (κ3) is 4.03. The molecule has 16 heavy (non-hydrogen) atoms. The Morgan fingerprint density at radius 3 is 2.31 bits per heavy atom. The lowest BCUT2D eigenvalue weighted by atomic mass is 9.86. The lowest BCUT2D eigenvalue weighted by Gasteiger charge is -2.35. The van der Waals surface area contributed by atoms with E-state index in [0.717, 1.165) is 19.4 Å². The van der Waals surface area contributed by atoms with Crippen LogP contribution in [0.1, 0.15) is 26.7 Å². The van der Waals surface area contributed by atoms with E-state index in [9.17, 15) is 13.5 Å². The van der Waals surface area contributed by atoms with E-state index < -0.39 is 9.84 Å². The predicted octanol–water partition coefficient (Wildman–Crippen LogP) is 0.515. The molecular weight excluding hydrogens is 226 g/mol. The van der Waals surface area contributed by atoms with Gasteiger partial charge < -0.3 is 10.0 Å². The molecule has 0 radical (unpaired) electrons. The molecule has 1 saturated heterocycles. The third-order valence-corrected chi connectivity index (χ3v) is 4.89. The minimum Gasteiger partial charge on any atom is -0.396 e. The zero-order chi connectivity index (χ0) is 12.2. The molecular formula is C11H23NO3S. The van der Waals surface area contributed by atoms with Gasteiger partial charge in [-0.1, -0.05) is 20.3 Å². The maximum absolute atomic E-state index is 11.3. The van der Waals surface area contributed by atoms with Crippen LogP contribution in [0.4, 0.5) is 0 Å². The summed E-state index contributed by atoms with van der Waals surface area (Å²) in [4.78, 5) is 2.16. The number of hydrogen-bond donors (Lipinski definition) is 1. The number of hydrogen-bond acceptors (Lipinski definition) is 4. The smallest absolute Gasteiger partial charge is 0.152 e. The molecule has 1 aliphatic heterocycles. The second kappa shape index (κ2) is 5.47. The molecule has 1 N–H and O–H groups in total. The number of aliphatic hydroxyl groups excluding tert-OH is 1. The Labute approximate surface area is 98.6 Å². The predicted molar refractivity (Wildman–Crippen MR) is 65.2 cm³/mol. The Hall–Kier alpha value is -0.130. The fraction of sp³-hybridized carbons (Fsp3) is 1.00. The number of nitrogens with zero attached hydrogens (tertiary/aromatic N) is 1. The molecule has 0 aromatic rings. The van der Waals surface area contributed by atoms with Crippen molar-refractivity contribution < 1.29 is 13.5 Å². The topological polar surface area (TPSA) is 57.6 Å². The highest BCUT2D eigenvalue weighted by molar-refractivity contribution is 7.91. The van der Waals surface area contributed by atoms with Gasteiger partial charge in [0.25, 0.3) is 0 Å². The Morgan fingerprint density at radius 2 is 1.88 bits per heavy atom. The van der Waals surface area contributed by atoms with Crippen molar-refractivity contribution >= 4 is 9.84 Å². The van der Waals surface area contributed by atoms with E-state index in [1.54, 1.807) is 0 Å². The van der Waals surface area contributed by atoms with Crippen LogP contribution in [0.5, 0.6) is 0 Å². The molecule has 0 amide bonds. The van der Waals surface area contributed by atoms with Gasteiger partial charge >= 0.3 is 0 Å². The molecule has 0 aromatic carbocycles. The molecule has 5 heteroatoms. The molecule has 1 fully saturated rings. The summed E-state index contributed by atoms with van der Waals surface area (Å²) in [5.41, 5.74) is -0.0874. The molecule has 1 atom stereocenters.